The quantitative estimate of drug-likeness (QED) is 0.230. The Bertz CT molecular complexity index is 1230. The second kappa shape index (κ2) is 13.7. The Balaban J connectivity index is 0.000000450. The summed E-state index contributed by atoms with van der Waals surface area (Å²) in [7, 11) is 0. The molecule has 17 heteroatoms. The molecule has 0 atom stereocenters. The number of alkyl halides is 3. The number of carbonyl (C=O) groups is 4. The number of hydrogen-bond acceptors (Lipinski definition) is 9. The summed E-state index contributed by atoms with van der Waals surface area (Å²) in [5.41, 5.74) is 0.731. The molecule has 5 N–H and O–H groups in total. The molecule has 0 amide bonds. The molecule has 1 aromatic carbocycles. The molecule has 0 bridgehead atoms. The number of aromatic nitrogens is 2. The van der Waals surface area contributed by atoms with Crippen molar-refractivity contribution in [2.24, 2.45) is 0 Å². The Kier molecular flexibility index (Phi) is 11.4. The van der Waals surface area contributed by atoms with Crippen LogP contribution in [0.15, 0.2) is 47.6 Å². The highest BCUT2D eigenvalue weighted by Gasteiger charge is 2.31. The molecule has 0 saturated carbocycles. The largest absolute Gasteiger partial charge is 0.573 e. The molecule has 0 spiro atoms. The van der Waals surface area contributed by atoms with Crippen LogP contribution in [0.25, 0.3) is 10.2 Å². The topological polar surface area (TPSA) is 200 Å². The lowest BCUT2D eigenvalue weighted by atomic mass is 10.3. The maximum atomic E-state index is 12.3. The Morgan fingerprint density at radius 2 is 1.50 bits per heavy atom. The van der Waals surface area contributed by atoms with Gasteiger partial charge in [0.1, 0.15) is 5.75 Å². The molecule has 3 rings (SSSR count). The predicted octanol–water partition coefficient (Wildman–Crippen LogP) is 2.58. The van der Waals surface area contributed by atoms with Crippen LogP contribution < -0.4 is 9.54 Å². The van der Waals surface area contributed by atoms with Crippen molar-refractivity contribution in [3.8, 4) is 5.75 Å². The molecule has 0 fully saturated rings. The van der Waals surface area contributed by atoms with Gasteiger partial charge in [-0.2, -0.15) is 0 Å². The Morgan fingerprint density at radius 1 is 0.972 bits per heavy atom. The highest BCUT2D eigenvalue weighted by Crippen LogP contribution is 2.28. The van der Waals surface area contributed by atoms with E-state index >= 15 is 0 Å². The minimum atomic E-state index is -4.72. The first-order valence-corrected chi connectivity index (χ1v) is 10.9. The smallest absolute Gasteiger partial charge is 0.473 e. The third-order valence-corrected chi connectivity index (χ3v) is 5.46. The zero-order valence-corrected chi connectivity index (χ0v) is 19.3. The van der Waals surface area contributed by atoms with Gasteiger partial charge in [-0.25, -0.2) is 19.2 Å². The Morgan fingerprint density at radius 3 is 1.97 bits per heavy atom. The third-order valence-electron chi connectivity index (χ3n) is 3.51. The fourth-order valence-electron chi connectivity index (χ4n) is 2.18. The van der Waals surface area contributed by atoms with Crippen LogP contribution in [-0.2, 0) is 25.7 Å². The number of carboxylic acids is 4. The van der Waals surface area contributed by atoms with Gasteiger partial charge in [0.15, 0.2) is 4.80 Å². The van der Waals surface area contributed by atoms with E-state index < -0.39 is 30.2 Å². The number of rotatable bonds is 5. The van der Waals surface area contributed by atoms with Gasteiger partial charge in [0.2, 0.25) is 0 Å². The van der Waals surface area contributed by atoms with Gasteiger partial charge in [-0.05, 0) is 30.3 Å². The van der Waals surface area contributed by atoms with E-state index in [4.69, 9.17) is 45.0 Å². The van der Waals surface area contributed by atoms with Gasteiger partial charge in [0.05, 0.1) is 10.2 Å². The number of aryl methyl sites for hydroxylation is 1. The average molecular weight is 551 g/mol. The summed E-state index contributed by atoms with van der Waals surface area (Å²) in [5, 5.41) is 37.6. The first-order chi connectivity index (χ1) is 16.7. The SMILES string of the molecule is N=c1sc2cc(OC(F)(F)F)ccc2n1CCSc1ccncc1.O=C(O)C(=O)O.O=C(O)C(=O)O. The summed E-state index contributed by atoms with van der Waals surface area (Å²) in [6.45, 7) is 0.589. The summed E-state index contributed by atoms with van der Waals surface area (Å²) in [4.78, 5) is 41.7. The number of hydrogen-bond donors (Lipinski definition) is 5. The zero-order chi connectivity index (χ0) is 27.5. The number of benzene rings is 1. The molecule has 2 heterocycles. The van der Waals surface area contributed by atoms with Crippen LogP contribution >= 0.6 is 23.1 Å². The lowest BCUT2D eigenvalue weighted by molar-refractivity contribution is -0.274. The number of nitrogens with zero attached hydrogens (tertiary/aromatic N) is 2. The van der Waals surface area contributed by atoms with Crippen molar-refractivity contribution in [3.63, 3.8) is 0 Å². The third kappa shape index (κ3) is 10.9. The van der Waals surface area contributed by atoms with Gasteiger partial charge in [-0.3, -0.25) is 10.4 Å². The molecule has 0 aliphatic carbocycles. The standard InChI is InChI=1S/C15H12F3N3OS2.2C2H2O4/c16-15(17,18)22-10-1-2-12-13(9-10)24-14(19)21(12)7-8-23-11-3-5-20-6-4-11;2*3-1(4)2(5)6/h1-6,9,19H,7-8H2;2*(H,3,4)(H,5,6). The molecule has 0 aliphatic rings. The van der Waals surface area contributed by atoms with Crippen LogP contribution in [-0.4, -0.2) is 66.0 Å². The minimum absolute atomic E-state index is 0.269. The lowest BCUT2D eigenvalue weighted by Gasteiger charge is -2.09. The summed E-state index contributed by atoms with van der Waals surface area (Å²) >= 11 is 2.76. The molecule has 12 nitrogen and oxygen atoms in total. The summed E-state index contributed by atoms with van der Waals surface area (Å²) in [6, 6.07) is 7.96. The molecule has 194 valence electrons. The fraction of sp³-hybridized carbons (Fsp3) is 0.158. The highest BCUT2D eigenvalue weighted by atomic mass is 32.2. The average Bonchev–Trinajstić information content (AvgIpc) is 3.08. The summed E-state index contributed by atoms with van der Waals surface area (Å²) < 4.78 is 43.2. The molecule has 3 aromatic rings. The van der Waals surface area contributed by atoms with Gasteiger partial charge < -0.3 is 29.7 Å². The number of halogens is 3. The first-order valence-electron chi connectivity index (χ1n) is 9.10. The number of ether oxygens (including phenoxy) is 1. The molecular weight excluding hydrogens is 535 g/mol. The maximum Gasteiger partial charge on any atom is 0.573 e. The van der Waals surface area contributed by atoms with E-state index in [1.54, 1.807) is 34.8 Å². The number of thioether (sulfide) groups is 1. The maximum absolute atomic E-state index is 12.3. The second-order valence-corrected chi connectivity index (χ2v) is 8.19. The van der Waals surface area contributed by atoms with Crippen molar-refractivity contribution in [3.05, 3.63) is 47.5 Å². The van der Waals surface area contributed by atoms with Gasteiger partial charge in [0, 0.05) is 29.6 Å². The van der Waals surface area contributed by atoms with Crippen molar-refractivity contribution < 1.29 is 57.5 Å². The highest BCUT2D eigenvalue weighted by molar-refractivity contribution is 7.99. The second-order valence-electron chi connectivity index (χ2n) is 5.99. The number of carboxylic acid groups (broad SMARTS) is 4. The van der Waals surface area contributed by atoms with Gasteiger partial charge >= 0.3 is 30.2 Å². The van der Waals surface area contributed by atoms with Crippen molar-refractivity contribution in [2.45, 2.75) is 17.8 Å². The molecule has 0 saturated heterocycles. The van der Waals surface area contributed by atoms with Crippen molar-refractivity contribution in [2.75, 3.05) is 5.75 Å². The number of fused-ring (bicyclic) bond motifs is 1. The van der Waals surface area contributed by atoms with Crippen LogP contribution in [0.5, 0.6) is 5.75 Å². The van der Waals surface area contributed by atoms with Crippen molar-refractivity contribution >= 4 is 57.2 Å². The molecule has 0 unspecified atom stereocenters. The molecule has 0 aliphatic heterocycles. The van der Waals surface area contributed by atoms with Gasteiger partial charge in [0.25, 0.3) is 0 Å². The van der Waals surface area contributed by atoms with Crippen molar-refractivity contribution in [1.29, 1.82) is 5.41 Å². The van der Waals surface area contributed by atoms with E-state index in [0.29, 0.717) is 16.0 Å². The van der Waals surface area contributed by atoms with Crippen molar-refractivity contribution in [1.82, 2.24) is 9.55 Å². The van der Waals surface area contributed by atoms with Crippen LogP contribution in [0.4, 0.5) is 13.2 Å². The van der Waals surface area contributed by atoms with E-state index in [9.17, 15) is 13.2 Å². The normalized spacial score (nSPS) is 10.3. The monoisotopic (exact) mass is 551 g/mol. The van der Waals surface area contributed by atoms with Crippen LogP contribution in [0.2, 0.25) is 0 Å². The number of thiazole rings is 1. The minimum Gasteiger partial charge on any atom is -0.473 e. The Hall–Kier alpha value is -4.12. The van der Waals surface area contributed by atoms with E-state index in [1.807, 2.05) is 12.1 Å². The number of pyridine rings is 1. The van der Waals surface area contributed by atoms with E-state index in [2.05, 4.69) is 9.72 Å². The fourth-order valence-corrected chi connectivity index (χ4v) is 3.97. The van der Waals surface area contributed by atoms with Crippen LogP contribution in [0, 0.1) is 5.41 Å². The number of aliphatic carboxylic acids is 4. The Labute approximate surface area is 206 Å². The molecular formula is C19H16F3N3O9S2. The summed E-state index contributed by atoms with van der Waals surface area (Å²) in [5.74, 6) is -6.82. The first kappa shape index (κ1) is 29.9. The van der Waals surface area contributed by atoms with Gasteiger partial charge in [-0.1, -0.05) is 11.3 Å². The summed E-state index contributed by atoms with van der Waals surface area (Å²) in [6.07, 6.45) is -1.28. The number of nitrogens with one attached hydrogen (secondary N) is 1. The molecule has 0 radical (unpaired) electrons. The molecule has 36 heavy (non-hydrogen) atoms. The van der Waals surface area contributed by atoms with E-state index in [1.165, 1.54) is 12.1 Å². The zero-order valence-electron chi connectivity index (χ0n) is 17.6. The molecule has 2 aromatic heterocycles. The lowest BCUT2D eigenvalue weighted by Crippen LogP contribution is -2.17. The van der Waals surface area contributed by atoms with Crippen LogP contribution in [0.1, 0.15) is 0 Å². The van der Waals surface area contributed by atoms with E-state index in [0.717, 1.165) is 27.5 Å². The van der Waals surface area contributed by atoms with Gasteiger partial charge in [-0.15, -0.1) is 24.9 Å². The predicted molar refractivity (Wildman–Crippen MR) is 118 cm³/mol. The van der Waals surface area contributed by atoms with Crippen LogP contribution in [0.3, 0.4) is 0 Å². The van der Waals surface area contributed by atoms with E-state index in [-0.39, 0.29) is 5.75 Å².